The largest absolute Gasteiger partial charge is 0.479 e. The summed E-state index contributed by atoms with van der Waals surface area (Å²) in [5.74, 6) is -0.485. The van der Waals surface area contributed by atoms with Gasteiger partial charge in [0.1, 0.15) is 36.8 Å². The number of carbonyl (C=O) groups excluding carboxylic acids is 2. The molecule has 1 aromatic rings. The highest BCUT2D eigenvalue weighted by molar-refractivity contribution is 5.97. The summed E-state index contributed by atoms with van der Waals surface area (Å²) < 4.78 is 24.2. The third kappa shape index (κ3) is 9.10. The Bertz CT molecular complexity index is 1110. The fraction of sp³-hybridized carbons (Fsp3) is 0.542. The van der Waals surface area contributed by atoms with Gasteiger partial charge in [-0.05, 0) is 36.6 Å². The number of carboxylic acid groups (broad SMARTS) is 1. The van der Waals surface area contributed by atoms with Crippen molar-refractivity contribution in [2.75, 3.05) is 11.9 Å². The number of aliphatic hydroxyl groups excluding tert-OH is 3. The molecule has 6 atom stereocenters. The Hall–Kier alpha value is -3.93. The normalized spacial score (nSPS) is 23.0. The van der Waals surface area contributed by atoms with Crippen LogP contribution in [0.5, 0.6) is 5.75 Å². The van der Waals surface area contributed by atoms with E-state index in [0.29, 0.717) is 12.8 Å². The van der Waals surface area contributed by atoms with Crippen molar-refractivity contribution in [1.82, 2.24) is 5.32 Å². The maximum absolute atomic E-state index is 13.8. The van der Waals surface area contributed by atoms with Crippen LogP contribution in [0.4, 0.5) is 10.1 Å². The van der Waals surface area contributed by atoms with E-state index in [-0.39, 0.29) is 30.0 Å². The number of alkyl halides is 1. The second-order valence-corrected chi connectivity index (χ2v) is 8.60. The van der Waals surface area contributed by atoms with E-state index >= 15 is 0 Å². The van der Waals surface area contributed by atoms with E-state index < -0.39 is 61.2 Å². The maximum Gasteiger partial charge on any atom is 0.335 e. The minimum Gasteiger partial charge on any atom is -0.479 e. The van der Waals surface area contributed by atoms with Gasteiger partial charge in [0.15, 0.2) is 6.10 Å². The van der Waals surface area contributed by atoms with Crippen LogP contribution in [0.3, 0.4) is 0 Å². The highest BCUT2D eigenvalue weighted by Gasteiger charge is 2.48. The van der Waals surface area contributed by atoms with E-state index in [4.69, 9.17) is 26.5 Å². The maximum atomic E-state index is 13.8. The zero-order valence-electron chi connectivity index (χ0n) is 20.8. The smallest absolute Gasteiger partial charge is 0.335 e. The molecule has 1 aromatic carbocycles. The predicted octanol–water partition coefficient (Wildman–Crippen LogP) is 0.744. The number of amides is 2. The van der Waals surface area contributed by atoms with Gasteiger partial charge in [0.05, 0.1) is 6.54 Å². The molecule has 2 amide bonds. The SMILES string of the molecule is C#CCCCCCC(=O)NC(CN=[N+]=[N-])C(=O)Nc1ccc(OC2OC(C(=O)O)C(O)C(O)C2O)c(CF)c1. The molecule has 0 bridgehead atoms. The second-order valence-electron chi connectivity index (χ2n) is 8.60. The lowest BCUT2D eigenvalue weighted by Gasteiger charge is -2.38. The molecule has 1 saturated heterocycles. The number of ether oxygens (including phenoxy) is 2. The van der Waals surface area contributed by atoms with Crippen LogP contribution < -0.4 is 15.4 Å². The molecule has 0 aromatic heterocycles. The molecule has 0 spiro atoms. The predicted molar refractivity (Wildman–Crippen MR) is 133 cm³/mol. The number of benzene rings is 1. The van der Waals surface area contributed by atoms with Crippen molar-refractivity contribution in [3.8, 4) is 18.1 Å². The number of hydrogen-bond donors (Lipinski definition) is 6. The van der Waals surface area contributed by atoms with E-state index in [1.807, 2.05) is 0 Å². The van der Waals surface area contributed by atoms with E-state index in [1.165, 1.54) is 18.2 Å². The minimum atomic E-state index is -1.93. The van der Waals surface area contributed by atoms with E-state index in [0.717, 1.165) is 12.8 Å². The Balaban J connectivity index is 2.09. The number of anilines is 1. The van der Waals surface area contributed by atoms with Gasteiger partial charge in [0.2, 0.25) is 18.1 Å². The Kier molecular flexibility index (Phi) is 12.4. The topological polar surface area (TPSA) is 223 Å². The number of hydrogen-bond acceptors (Lipinski definition) is 9. The monoisotopic (exact) mass is 551 g/mol. The number of aliphatic carboxylic acids is 1. The van der Waals surface area contributed by atoms with Crippen LogP contribution in [0.1, 0.15) is 37.7 Å². The first kappa shape index (κ1) is 31.3. The number of nitrogens with zero attached hydrogens (tertiary/aromatic N) is 3. The van der Waals surface area contributed by atoms with Gasteiger partial charge < -0.3 is 40.5 Å². The number of halogens is 1. The van der Waals surface area contributed by atoms with Crippen LogP contribution >= 0.6 is 0 Å². The molecule has 0 radical (unpaired) electrons. The summed E-state index contributed by atoms with van der Waals surface area (Å²) >= 11 is 0. The molecule has 1 aliphatic heterocycles. The fourth-order valence-corrected chi connectivity index (χ4v) is 3.65. The average molecular weight is 552 g/mol. The number of rotatable bonds is 14. The zero-order chi connectivity index (χ0) is 28.9. The summed E-state index contributed by atoms with van der Waals surface area (Å²) in [5.41, 5.74) is 8.57. The summed E-state index contributed by atoms with van der Waals surface area (Å²) in [4.78, 5) is 38.9. The van der Waals surface area contributed by atoms with Gasteiger partial charge in [0.25, 0.3) is 0 Å². The number of unbranched alkanes of at least 4 members (excludes halogenated alkanes) is 3. The molecule has 1 fully saturated rings. The summed E-state index contributed by atoms with van der Waals surface area (Å²) in [5, 5.41) is 47.3. The van der Waals surface area contributed by atoms with Gasteiger partial charge >= 0.3 is 5.97 Å². The third-order valence-electron chi connectivity index (χ3n) is 5.73. The van der Waals surface area contributed by atoms with Crippen molar-refractivity contribution in [3.63, 3.8) is 0 Å². The summed E-state index contributed by atoms with van der Waals surface area (Å²) in [6.07, 6.45) is -1.42. The summed E-state index contributed by atoms with van der Waals surface area (Å²) in [7, 11) is 0. The fourth-order valence-electron chi connectivity index (χ4n) is 3.65. The Labute approximate surface area is 222 Å². The lowest BCUT2D eigenvalue weighted by molar-refractivity contribution is -0.271. The van der Waals surface area contributed by atoms with Crippen molar-refractivity contribution >= 4 is 23.5 Å². The summed E-state index contributed by atoms with van der Waals surface area (Å²) in [6, 6.07) is 2.46. The number of carboxylic acids is 1. The number of azide groups is 1. The molecule has 212 valence electrons. The van der Waals surface area contributed by atoms with E-state index in [9.17, 15) is 34.1 Å². The summed E-state index contributed by atoms with van der Waals surface area (Å²) in [6.45, 7) is -1.49. The Morgan fingerprint density at radius 1 is 1.21 bits per heavy atom. The lowest BCUT2D eigenvalue weighted by atomic mass is 9.99. The second kappa shape index (κ2) is 15.5. The zero-order valence-corrected chi connectivity index (χ0v) is 20.8. The number of nitrogens with one attached hydrogen (secondary N) is 2. The molecule has 6 unspecified atom stereocenters. The number of terminal acetylenes is 1. The molecule has 14 nitrogen and oxygen atoms in total. The molecule has 0 saturated carbocycles. The highest BCUT2D eigenvalue weighted by atomic mass is 19.1. The standard InChI is InChI=1S/C24H30FN5O9/c1-2-3-4-5-6-7-17(31)29-15(12-27-30-26)22(35)28-14-8-9-16(13(10-14)11-25)38-24-20(34)18(32)19(33)21(39-24)23(36)37/h1,8-10,15,18-21,24,32-34H,3-7,11-12H2,(H,28,35)(H,29,31)(H,36,37). The lowest BCUT2D eigenvalue weighted by Crippen LogP contribution is -2.61. The first-order chi connectivity index (χ1) is 18.6. The molecule has 1 aliphatic rings. The van der Waals surface area contributed by atoms with Crippen molar-refractivity contribution in [1.29, 1.82) is 0 Å². The van der Waals surface area contributed by atoms with Crippen molar-refractivity contribution < 1.29 is 48.7 Å². The van der Waals surface area contributed by atoms with Crippen molar-refractivity contribution in [2.45, 2.75) is 75.5 Å². The average Bonchev–Trinajstić information content (AvgIpc) is 2.91. The molecular formula is C24H30FN5O9. The van der Waals surface area contributed by atoms with Gasteiger partial charge in [-0.1, -0.05) is 11.5 Å². The van der Waals surface area contributed by atoms with Crippen LogP contribution in [-0.4, -0.2) is 81.5 Å². The van der Waals surface area contributed by atoms with Gasteiger partial charge in [-0.25, -0.2) is 9.18 Å². The van der Waals surface area contributed by atoms with Crippen LogP contribution in [0.25, 0.3) is 10.4 Å². The molecular weight excluding hydrogens is 521 g/mol. The molecule has 39 heavy (non-hydrogen) atoms. The van der Waals surface area contributed by atoms with Gasteiger partial charge in [-0.3, -0.25) is 9.59 Å². The van der Waals surface area contributed by atoms with Gasteiger partial charge in [-0.15, -0.1) is 12.3 Å². The molecule has 0 aliphatic carbocycles. The first-order valence-corrected chi connectivity index (χ1v) is 12.0. The van der Waals surface area contributed by atoms with E-state index in [2.05, 4.69) is 26.6 Å². The van der Waals surface area contributed by atoms with Crippen LogP contribution in [-0.2, 0) is 25.8 Å². The quantitative estimate of drug-likeness (QED) is 0.0630. The highest BCUT2D eigenvalue weighted by Crippen LogP contribution is 2.29. The van der Waals surface area contributed by atoms with Gasteiger partial charge in [0, 0.05) is 29.0 Å². The van der Waals surface area contributed by atoms with Crippen LogP contribution in [0, 0.1) is 12.3 Å². The molecule has 15 heteroatoms. The van der Waals surface area contributed by atoms with Crippen LogP contribution in [0.2, 0.25) is 0 Å². The molecule has 1 heterocycles. The number of carbonyl (C=O) groups is 3. The Morgan fingerprint density at radius 2 is 1.95 bits per heavy atom. The molecule has 2 rings (SSSR count). The Morgan fingerprint density at radius 3 is 2.59 bits per heavy atom. The van der Waals surface area contributed by atoms with Crippen LogP contribution in [0.15, 0.2) is 23.3 Å². The molecule has 6 N–H and O–H groups in total. The number of aliphatic hydroxyl groups is 3. The first-order valence-electron chi connectivity index (χ1n) is 12.0. The third-order valence-corrected chi connectivity index (χ3v) is 5.73. The van der Waals surface area contributed by atoms with Gasteiger partial charge in [-0.2, -0.15) is 0 Å². The van der Waals surface area contributed by atoms with Crippen molar-refractivity contribution in [2.24, 2.45) is 5.11 Å². The van der Waals surface area contributed by atoms with Crippen molar-refractivity contribution in [3.05, 3.63) is 34.2 Å². The minimum absolute atomic E-state index is 0.0819. The van der Waals surface area contributed by atoms with E-state index in [1.54, 1.807) is 0 Å².